The molecule has 0 radical (unpaired) electrons. The Bertz CT molecular complexity index is 834. The minimum Gasteiger partial charge on any atom is -0.493 e. The van der Waals surface area contributed by atoms with E-state index in [9.17, 15) is 4.79 Å². The molecular weight excluding hydrogens is 324 g/mol. The van der Waals surface area contributed by atoms with Crippen LogP contribution in [0.2, 0.25) is 0 Å². The molecule has 1 aromatic carbocycles. The van der Waals surface area contributed by atoms with Gasteiger partial charge in [-0.3, -0.25) is 4.98 Å². The molecule has 1 aromatic heterocycles. The molecule has 0 amide bonds. The standard InChI is InChI=1S/C18H16N2O5/c1-22-14-9-12(10-15(23-2)16(14)24-3)17-20-13(18(21)25-17)8-11-4-6-19-7-5-11/h4-10H,1-3H3/b13-8+. The largest absolute Gasteiger partial charge is 0.493 e. The normalized spacial score (nSPS) is 14.9. The lowest BCUT2D eigenvalue weighted by Gasteiger charge is -2.13. The van der Waals surface area contributed by atoms with E-state index in [1.165, 1.54) is 21.3 Å². The van der Waals surface area contributed by atoms with E-state index < -0.39 is 5.97 Å². The van der Waals surface area contributed by atoms with Gasteiger partial charge in [-0.15, -0.1) is 0 Å². The van der Waals surface area contributed by atoms with Gasteiger partial charge < -0.3 is 18.9 Å². The van der Waals surface area contributed by atoms with Gasteiger partial charge in [0.2, 0.25) is 11.6 Å². The van der Waals surface area contributed by atoms with E-state index in [4.69, 9.17) is 18.9 Å². The fraction of sp³-hybridized carbons (Fsp3) is 0.167. The van der Waals surface area contributed by atoms with Crippen molar-refractivity contribution < 1.29 is 23.7 Å². The third kappa shape index (κ3) is 3.30. The highest BCUT2D eigenvalue weighted by atomic mass is 16.6. The molecule has 0 saturated carbocycles. The van der Waals surface area contributed by atoms with Gasteiger partial charge in [0.25, 0.3) is 0 Å². The van der Waals surface area contributed by atoms with E-state index in [-0.39, 0.29) is 11.6 Å². The molecule has 2 heterocycles. The summed E-state index contributed by atoms with van der Waals surface area (Å²) in [7, 11) is 4.54. The summed E-state index contributed by atoms with van der Waals surface area (Å²) in [5.74, 6) is 0.987. The first-order chi connectivity index (χ1) is 12.2. The SMILES string of the molecule is COc1cc(C2=N/C(=C/c3ccncc3)C(=O)O2)cc(OC)c1OC. The van der Waals surface area contributed by atoms with Crippen molar-refractivity contribution in [1.82, 2.24) is 4.98 Å². The number of carbonyl (C=O) groups is 1. The number of benzene rings is 1. The first-order valence-electron chi connectivity index (χ1n) is 7.39. The van der Waals surface area contributed by atoms with E-state index >= 15 is 0 Å². The molecule has 0 N–H and O–H groups in total. The van der Waals surface area contributed by atoms with Gasteiger partial charge in [-0.25, -0.2) is 9.79 Å². The zero-order valence-electron chi connectivity index (χ0n) is 14.0. The monoisotopic (exact) mass is 340 g/mol. The second kappa shape index (κ2) is 7.04. The number of cyclic esters (lactones) is 1. The number of hydrogen-bond donors (Lipinski definition) is 0. The van der Waals surface area contributed by atoms with Crippen LogP contribution in [-0.2, 0) is 9.53 Å². The highest BCUT2D eigenvalue weighted by molar-refractivity contribution is 6.13. The average molecular weight is 340 g/mol. The van der Waals surface area contributed by atoms with Crippen LogP contribution in [0.25, 0.3) is 6.08 Å². The number of carbonyl (C=O) groups excluding carboxylic acids is 1. The summed E-state index contributed by atoms with van der Waals surface area (Å²) in [6.07, 6.45) is 4.90. The first-order valence-corrected chi connectivity index (χ1v) is 7.39. The van der Waals surface area contributed by atoms with Gasteiger partial charge in [0, 0.05) is 18.0 Å². The molecule has 0 unspecified atom stereocenters. The average Bonchev–Trinajstić information content (AvgIpc) is 3.01. The van der Waals surface area contributed by atoms with Gasteiger partial charge in [0.15, 0.2) is 17.2 Å². The molecule has 0 bridgehead atoms. The van der Waals surface area contributed by atoms with Crippen LogP contribution in [-0.4, -0.2) is 38.2 Å². The predicted molar refractivity (Wildman–Crippen MR) is 90.9 cm³/mol. The zero-order valence-corrected chi connectivity index (χ0v) is 14.0. The van der Waals surface area contributed by atoms with Crippen molar-refractivity contribution in [2.45, 2.75) is 0 Å². The first kappa shape index (κ1) is 16.5. The molecule has 3 rings (SSSR count). The fourth-order valence-corrected chi connectivity index (χ4v) is 2.35. The summed E-state index contributed by atoms with van der Waals surface area (Å²) in [6, 6.07) is 6.88. The van der Waals surface area contributed by atoms with Crippen molar-refractivity contribution in [3.05, 3.63) is 53.5 Å². The van der Waals surface area contributed by atoms with Crippen LogP contribution in [0.3, 0.4) is 0 Å². The van der Waals surface area contributed by atoms with Crippen LogP contribution >= 0.6 is 0 Å². The second-order valence-electron chi connectivity index (χ2n) is 5.03. The lowest BCUT2D eigenvalue weighted by atomic mass is 10.1. The van der Waals surface area contributed by atoms with Crippen molar-refractivity contribution in [3.63, 3.8) is 0 Å². The quantitative estimate of drug-likeness (QED) is 0.614. The van der Waals surface area contributed by atoms with Crippen molar-refractivity contribution in [2.75, 3.05) is 21.3 Å². The lowest BCUT2D eigenvalue weighted by Crippen LogP contribution is -2.06. The number of methoxy groups -OCH3 is 3. The highest BCUT2D eigenvalue weighted by Gasteiger charge is 2.26. The summed E-state index contributed by atoms with van der Waals surface area (Å²) in [5, 5.41) is 0. The van der Waals surface area contributed by atoms with E-state index in [1.807, 2.05) is 0 Å². The number of ether oxygens (including phenoxy) is 4. The molecule has 0 fully saturated rings. The second-order valence-corrected chi connectivity index (χ2v) is 5.03. The number of rotatable bonds is 5. The Morgan fingerprint density at radius 2 is 1.64 bits per heavy atom. The molecule has 128 valence electrons. The summed E-state index contributed by atoms with van der Waals surface area (Å²) < 4.78 is 21.2. The molecule has 0 saturated heterocycles. The summed E-state index contributed by atoms with van der Waals surface area (Å²) in [4.78, 5) is 20.3. The molecule has 7 nitrogen and oxygen atoms in total. The number of hydrogen-bond acceptors (Lipinski definition) is 7. The molecule has 25 heavy (non-hydrogen) atoms. The topological polar surface area (TPSA) is 79.2 Å². The molecule has 0 spiro atoms. The van der Waals surface area contributed by atoms with Gasteiger partial charge in [-0.2, -0.15) is 0 Å². The smallest absolute Gasteiger partial charge is 0.363 e. The third-order valence-corrected chi connectivity index (χ3v) is 3.54. The van der Waals surface area contributed by atoms with Crippen LogP contribution in [0.1, 0.15) is 11.1 Å². The number of aliphatic imine (C=N–C) groups is 1. The van der Waals surface area contributed by atoms with Gasteiger partial charge in [0.05, 0.1) is 21.3 Å². The molecule has 1 aliphatic heterocycles. The Hall–Kier alpha value is -3.35. The zero-order chi connectivity index (χ0) is 17.8. The Labute approximate surface area is 144 Å². The Kier molecular flexibility index (Phi) is 4.65. The van der Waals surface area contributed by atoms with Crippen LogP contribution < -0.4 is 14.2 Å². The van der Waals surface area contributed by atoms with Crippen LogP contribution in [0, 0.1) is 0 Å². The molecule has 1 aliphatic rings. The molecule has 0 atom stereocenters. The fourth-order valence-electron chi connectivity index (χ4n) is 2.35. The van der Waals surface area contributed by atoms with E-state index in [0.29, 0.717) is 22.8 Å². The third-order valence-electron chi connectivity index (χ3n) is 3.54. The van der Waals surface area contributed by atoms with Crippen molar-refractivity contribution >= 4 is 17.9 Å². The van der Waals surface area contributed by atoms with Crippen LogP contribution in [0.5, 0.6) is 17.2 Å². The van der Waals surface area contributed by atoms with Gasteiger partial charge in [0.1, 0.15) is 0 Å². The number of aromatic nitrogens is 1. The summed E-state index contributed by atoms with van der Waals surface area (Å²) in [6.45, 7) is 0. The lowest BCUT2D eigenvalue weighted by molar-refractivity contribution is -0.129. The maximum absolute atomic E-state index is 12.1. The van der Waals surface area contributed by atoms with Gasteiger partial charge in [-0.1, -0.05) is 0 Å². The predicted octanol–water partition coefficient (Wildman–Crippen LogP) is 2.45. The van der Waals surface area contributed by atoms with E-state index in [2.05, 4.69) is 9.98 Å². The number of nitrogens with zero attached hydrogens (tertiary/aromatic N) is 2. The van der Waals surface area contributed by atoms with E-state index in [1.54, 1.807) is 42.7 Å². The van der Waals surface area contributed by atoms with Crippen molar-refractivity contribution in [3.8, 4) is 17.2 Å². The Morgan fingerprint density at radius 1 is 1.00 bits per heavy atom. The number of esters is 1. The maximum Gasteiger partial charge on any atom is 0.363 e. The molecule has 7 heteroatoms. The Morgan fingerprint density at radius 3 is 2.20 bits per heavy atom. The molecule has 0 aliphatic carbocycles. The maximum atomic E-state index is 12.1. The minimum absolute atomic E-state index is 0.171. The van der Waals surface area contributed by atoms with Crippen molar-refractivity contribution in [2.24, 2.45) is 4.99 Å². The summed E-state index contributed by atoms with van der Waals surface area (Å²) >= 11 is 0. The Balaban J connectivity index is 2.01. The van der Waals surface area contributed by atoms with Crippen LogP contribution in [0.15, 0.2) is 47.3 Å². The van der Waals surface area contributed by atoms with Gasteiger partial charge >= 0.3 is 5.97 Å². The molecular formula is C18H16N2O5. The summed E-state index contributed by atoms with van der Waals surface area (Å²) in [5.41, 5.74) is 1.55. The van der Waals surface area contributed by atoms with E-state index in [0.717, 1.165) is 5.56 Å². The highest BCUT2D eigenvalue weighted by Crippen LogP contribution is 2.39. The van der Waals surface area contributed by atoms with Gasteiger partial charge in [-0.05, 0) is 35.9 Å². The minimum atomic E-state index is -0.527. The van der Waals surface area contributed by atoms with Crippen LogP contribution in [0.4, 0.5) is 0 Å². The number of pyridine rings is 1. The molecule has 2 aromatic rings. The van der Waals surface area contributed by atoms with Crippen molar-refractivity contribution in [1.29, 1.82) is 0 Å².